The summed E-state index contributed by atoms with van der Waals surface area (Å²) in [6, 6.07) is 1.08. The van der Waals surface area contributed by atoms with E-state index in [1.807, 2.05) is 15.8 Å². The fourth-order valence-corrected chi connectivity index (χ4v) is 3.11. The lowest BCUT2D eigenvalue weighted by Crippen LogP contribution is -2.39. The average molecular weight is 276 g/mol. The SMILES string of the molecule is CC(C)(C)n1cc(C(=O)N2CCC3CCC(C2)N3)cn1. The zero-order valence-corrected chi connectivity index (χ0v) is 12.6. The first-order valence-corrected chi connectivity index (χ1v) is 7.54. The van der Waals surface area contributed by atoms with Crippen LogP contribution >= 0.6 is 0 Å². The van der Waals surface area contributed by atoms with E-state index in [1.165, 1.54) is 12.8 Å². The monoisotopic (exact) mass is 276 g/mol. The van der Waals surface area contributed by atoms with Gasteiger partial charge < -0.3 is 10.2 Å². The number of carbonyl (C=O) groups excluding carboxylic acids is 1. The Morgan fingerprint density at radius 1 is 1.30 bits per heavy atom. The molecule has 2 atom stereocenters. The van der Waals surface area contributed by atoms with Gasteiger partial charge in [0.2, 0.25) is 0 Å². The smallest absolute Gasteiger partial charge is 0.257 e. The largest absolute Gasteiger partial charge is 0.337 e. The predicted octanol–water partition coefficient (Wildman–Crippen LogP) is 1.60. The molecule has 3 heterocycles. The molecule has 3 rings (SSSR count). The van der Waals surface area contributed by atoms with Crippen molar-refractivity contribution in [2.75, 3.05) is 13.1 Å². The molecule has 0 radical (unpaired) electrons. The van der Waals surface area contributed by atoms with Crippen molar-refractivity contribution in [2.45, 2.75) is 57.7 Å². The molecule has 1 amide bonds. The summed E-state index contributed by atoms with van der Waals surface area (Å²) in [6.07, 6.45) is 7.09. The molecule has 2 fully saturated rings. The fourth-order valence-electron chi connectivity index (χ4n) is 3.11. The number of likely N-dealkylation sites (tertiary alicyclic amines) is 1. The van der Waals surface area contributed by atoms with Crippen molar-refractivity contribution in [1.29, 1.82) is 0 Å². The third-order valence-corrected chi connectivity index (χ3v) is 4.33. The van der Waals surface area contributed by atoms with Gasteiger partial charge >= 0.3 is 0 Å². The topological polar surface area (TPSA) is 50.2 Å². The van der Waals surface area contributed by atoms with Gasteiger partial charge in [-0.05, 0) is 40.0 Å². The molecule has 5 nitrogen and oxygen atoms in total. The van der Waals surface area contributed by atoms with E-state index < -0.39 is 0 Å². The van der Waals surface area contributed by atoms with Crippen molar-refractivity contribution < 1.29 is 4.79 Å². The van der Waals surface area contributed by atoms with Crippen LogP contribution in [-0.2, 0) is 5.54 Å². The van der Waals surface area contributed by atoms with Gasteiger partial charge in [0.05, 0.1) is 17.3 Å². The summed E-state index contributed by atoms with van der Waals surface area (Å²) in [5, 5.41) is 7.93. The van der Waals surface area contributed by atoms with E-state index in [9.17, 15) is 4.79 Å². The summed E-state index contributed by atoms with van der Waals surface area (Å²) in [4.78, 5) is 14.6. The highest BCUT2D eigenvalue weighted by atomic mass is 16.2. The molecule has 2 aliphatic heterocycles. The van der Waals surface area contributed by atoms with Gasteiger partial charge in [-0.1, -0.05) is 0 Å². The summed E-state index contributed by atoms with van der Waals surface area (Å²) < 4.78 is 1.86. The Kier molecular flexibility index (Phi) is 3.32. The summed E-state index contributed by atoms with van der Waals surface area (Å²) in [5.41, 5.74) is 0.621. The Labute approximate surface area is 120 Å². The van der Waals surface area contributed by atoms with Gasteiger partial charge in [-0.3, -0.25) is 9.48 Å². The van der Waals surface area contributed by atoms with Crippen molar-refractivity contribution in [3.8, 4) is 0 Å². The minimum absolute atomic E-state index is 0.0854. The van der Waals surface area contributed by atoms with E-state index in [2.05, 4.69) is 31.2 Å². The molecule has 2 aliphatic rings. The van der Waals surface area contributed by atoms with E-state index in [4.69, 9.17) is 0 Å². The first-order valence-electron chi connectivity index (χ1n) is 7.54. The van der Waals surface area contributed by atoms with Crippen LogP contribution in [0.15, 0.2) is 12.4 Å². The molecule has 2 unspecified atom stereocenters. The molecule has 1 N–H and O–H groups in total. The average Bonchev–Trinajstić information content (AvgIpc) is 2.94. The maximum absolute atomic E-state index is 12.6. The second kappa shape index (κ2) is 4.88. The van der Waals surface area contributed by atoms with Crippen molar-refractivity contribution in [1.82, 2.24) is 20.0 Å². The van der Waals surface area contributed by atoms with Gasteiger partial charge in [-0.25, -0.2) is 0 Å². The third-order valence-electron chi connectivity index (χ3n) is 4.33. The van der Waals surface area contributed by atoms with Gasteiger partial charge in [-0.15, -0.1) is 0 Å². The number of carbonyl (C=O) groups is 1. The normalized spacial score (nSPS) is 26.6. The molecule has 0 saturated carbocycles. The van der Waals surface area contributed by atoms with Crippen LogP contribution in [0.1, 0.15) is 50.4 Å². The van der Waals surface area contributed by atoms with Crippen LogP contribution in [0.5, 0.6) is 0 Å². The Bertz CT molecular complexity index is 502. The lowest BCUT2D eigenvalue weighted by Gasteiger charge is -2.24. The minimum Gasteiger partial charge on any atom is -0.337 e. The summed E-state index contributed by atoms with van der Waals surface area (Å²) >= 11 is 0. The number of hydrogen-bond donors (Lipinski definition) is 1. The highest BCUT2D eigenvalue weighted by Gasteiger charge is 2.32. The third kappa shape index (κ3) is 2.59. The van der Waals surface area contributed by atoms with Crippen LogP contribution < -0.4 is 5.32 Å². The second-order valence-corrected chi connectivity index (χ2v) is 7.02. The second-order valence-electron chi connectivity index (χ2n) is 7.02. The van der Waals surface area contributed by atoms with Gasteiger partial charge in [0.1, 0.15) is 0 Å². The van der Waals surface area contributed by atoms with Crippen molar-refractivity contribution in [2.24, 2.45) is 0 Å². The van der Waals surface area contributed by atoms with E-state index in [-0.39, 0.29) is 11.4 Å². The lowest BCUT2D eigenvalue weighted by atomic mass is 10.1. The van der Waals surface area contributed by atoms with Gasteiger partial charge in [0, 0.05) is 31.4 Å². The summed E-state index contributed by atoms with van der Waals surface area (Å²) in [6.45, 7) is 7.94. The standard InChI is InChI=1S/C15H24N4O/c1-15(2,3)19-9-11(8-16-19)14(20)18-7-6-12-4-5-13(10-18)17-12/h8-9,12-13,17H,4-7,10H2,1-3H3. The number of fused-ring (bicyclic) bond motifs is 2. The van der Waals surface area contributed by atoms with Crippen molar-refractivity contribution in [3.05, 3.63) is 18.0 Å². The van der Waals surface area contributed by atoms with Crippen LogP contribution in [0.4, 0.5) is 0 Å². The van der Waals surface area contributed by atoms with E-state index in [1.54, 1.807) is 6.20 Å². The zero-order chi connectivity index (χ0) is 14.3. The number of amides is 1. The molecule has 2 saturated heterocycles. The minimum atomic E-state index is -0.0854. The van der Waals surface area contributed by atoms with E-state index in [0.717, 1.165) is 19.5 Å². The fraction of sp³-hybridized carbons (Fsp3) is 0.733. The van der Waals surface area contributed by atoms with Gasteiger partial charge in [0.15, 0.2) is 0 Å². The highest BCUT2D eigenvalue weighted by Crippen LogP contribution is 2.22. The molecule has 1 aromatic rings. The number of nitrogens with zero attached hydrogens (tertiary/aromatic N) is 3. The zero-order valence-electron chi connectivity index (χ0n) is 12.6. The Morgan fingerprint density at radius 3 is 2.75 bits per heavy atom. The van der Waals surface area contributed by atoms with Crippen LogP contribution in [0.25, 0.3) is 0 Å². The molecule has 0 aromatic carbocycles. The van der Waals surface area contributed by atoms with Crippen LogP contribution in [-0.4, -0.2) is 45.8 Å². The molecule has 110 valence electrons. The molecular formula is C15H24N4O. The quantitative estimate of drug-likeness (QED) is 0.847. The van der Waals surface area contributed by atoms with E-state index >= 15 is 0 Å². The van der Waals surface area contributed by atoms with Crippen molar-refractivity contribution in [3.63, 3.8) is 0 Å². The Morgan fingerprint density at radius 2 is 2.05 bits per heavy atom. The number of hydrogen-bond acceptors (Lipinski definition) is 3. The first kappa shape index (κ1) is 13.6. The van der Waals surface area contributed by atoms with Crippen molar-refractivity contribution >= 4 is 5.91 Å². The first-order chi connectivity index (χ1) is 9.43. The predicted molar refractivity (Wildman–Crippen MR) is 77.7 cm³/mol. The maximum Gasteiger partial charge on any atom is 0.257 e. The Hall–Kier alpha value is -1.36. The van der Waals surface area contributed by atoms with Gasteiger partial charge in [0.25, 0.3) is 5.91 Å². The molecular weight excluding hydrogens is 252 g/mol. The Balaban J connectivity index is 1.73. The molecule has 20 heavy (non-hydrogen) atoms. The maximum atomic E-state index is 12.6. The highest BCUT2D eigenvalue weighted by molar-refractivity contribution is 5.93. The molecule has 0 spiro atoms. The molecule has 5 heteroatoms. The number of nitrogens with one attached hydrogen (secondary N) is 1. The number of rotatable bonds is 1. The van der Waals surface area contributed by atoms with Crippen LogP contribution in [0.3, 0.4) is 0 Å². The van der Waals surface area contributed by atoms with Crippen LogP contribution in [0.2, 0.25) is 0 Å². The summed E-state index contributed by atoms with van der Waals surface area (Å²) in [5.74, 6) is 0.120. The molecule has 0 aliphatic carbocycles. The molecule has 2 bridgehead atoms. The lowest BCUT2D eigenvalue weighted by molar-refractivity contribution is 0.0748. The van der Waals surface area contributed by atoms with Crippen LogP contribution in [0, 0.1) is 0 Å². The number of aromatic nitrogens is 2. The van der Waals surface area contributed by atoms with E-state index in [0.29, 0.717) is 17.6 Å². The summed E-state index contributed by atoms with van der Waals surface area (Å²) in [7, 11) is 0. The molecule has 1 aromatic heterocycles. The van der Waals surface area contributed by atoms with Gasteiger partial charge in [-0.2, -0.15) is 5.10 Å².